The Balaban J connectivity index is 1.35. The van der Waals surface area contributed by atoms with Gasteiger partial charge in [0.05, 0.1) is 13.3 Å². The predicted octanol–water partition coefficient (Wildman–Crippen LogP) is 3.67. The third-order valence-corrected chi connectivity index (χ3v) is 5.31. The van der Waals surface area contributed by atoms with Crippen LogP contribution in [0.2, 0.25) is 0 Å². The maximum atomic E-state index is 8.06. The molecular formula is C23H26N6O. The normalized spacial score (nSPS) is 11.4. The number of fused-ring (bicyclic) bond motifs is 2. The molecule has 4 rings (SSSR count). The number of ether oxygens (including phenoxy) is 1. The summed E-state index contributed by atoms with van der Waals surface area (Å²) in [6.07, 6.45) is 4.56. The van der Waals surface area contributed by atoms with Crippen molar-refractivity contribution in [3.8, 4) is 5.75 Å². The van der Waals surface area contributed by atoms with Crippen LogP contribution in [0.1, 0.15) is 16.8 Å². The monoisotopic (exact) mass is 402 g/mol. The molecule has 4 aromatic rings. The largest absolute Gasteiger partial charge is 0.497 e. The van der Waals surface area contributed by atoms with Crippen molar-refractivity contribution >= 4 is 34.0 Å². The molecule has 154 valence electrons. The van der Waals surface area contributed by atoms with Crippen LogP contribution in [0.4, 0.5) is 0 Å². The molecule has 0 aliphatic rings. The second kappa shape index (κ2) is 8.32. The van der Waals surface area contributed by atoms with Crippen molar-refractivity contribution in [2.24, 2.45) is 12.1 Å². The zero-order chi connectivity index (χ0) is 21.1. The minimum absolute atomic E-state index is 0.168. The van der Waals surface area contributed by atoms with Crippen LogP contribution in [0, 0.1) is 12.3 Å². The Labute approximate surface area is 175 Å². The molecule has 0 atom stereocenters. The topological polar surface area (TPSA) is 90.2 Å². The van der Waals surface area contributed by atoms with E-state index in [9.17, 15) is 0 Å². The van der Waals surface area contributed by atoms with Crippen LogP contribution in [-0.4, -0.2) is 35.4 Å². The van der Waals surface area contributed by atoms with Crippen molar-refractivity contribution in [3.05, 3.63) is 65.5 Å². The molecular weight excluding hydrogens is 376 g/mol. The number of hydrazone groups is 1. The number of aromatic amines is 1. The average Bonchev–Trinajstić information content (AvgIpc) is 3.24. The van der Waals surface area contributed by atoms with Crippen LogP contribution in [0.3, 0.4) is 0 Å². The van der Waals surface area contributed by atoms with Crippen LogP contribution in [0.15, 0.2) is 53.8 Å². The standard InChI is InChI=1S/C23H26N6O/c1-15-18(20-12-17(30-3)8-9-21(20)27-15)10-11-25-23(24)28-26-13-16-14-29(2)22-7-5-4-6-19(16)22/h4-9,12-14,27H,10-11H2,1-3H3,(H3,24,25,28). The van der Waals surface area contributed by atoms with Crippen molar-refractivity contribution in [2.45, 2.75) is 13.3 Å². The van der Waals surface area contributed by atoms with Gasteiger partial charge in [0, 0.05) is 52.9 Å². The highest BCUT2D eigenvalue weighted by molar-refractivity contribution is 5.99. The van der Waals surface area contributed by atoms with Crippen LogP contribution < -0.4 is 15.5 Å². The quantitative estimate of drug-likeness (QED) is 0.225. The Morgan fingerprint density at radius 3 is 2.90 bits per heavy atom. The predicted molar refractivity (Wildman–Crippen MR) is 123 cm³/mol. The van der Waals surface area contributed by atoms with E-state index in [1.165, 1.54) is 5.56 Å². The van der Waals surface area contributed by atoms with Crippen LogP contribution >= 0.6 is 0 Å². The van der Waals surface area contributed by atoms with E-state index < -0.39 is 0 Å². The zero-order valence-electron chi connectivity index (χ0n) is 17.4. The molecule has 0 aliphatic carbocycles. The lowest BCUT2D eigenvalue weighted by Crippen LogP contribution is -2.34. The van der Waals surface area contributed by atoms with Gasteiger partial charge in [0.2, 0.25) is 5.96 Å². The maximum Gasteiger partial charge on any atom is 0.209 e. The van der Waals surface area contributed by atoms with Gasteiger partial charge in [-0.1, -0.05) is 18.2 Å². The van der Waals surface area contributed by atoms with Gasteiger partial charge in [-0.2, -0.15) is 5.10 Å². The molecule has 0 amide bonds. The second-order valence-electron chi connectivity index (χ2n) is 7.27. The summed E-state index contributed by atoms with van der Waals surface area (Å²) < 4.78 is 7.42. The molecule has 0 spiro atoms. The van der Waals surface area contributed by atoms with E-state index in [1.807, 2.05) is 43.6 Å². The van der Waals surface area contributed by atoms with Gasteiger partial charge < -0.3 is 19.6 Å². The van der Waals surface area contributed by atoms with Crippen molar-refractivity contribution in [1.29, 1.82) is 5.41 Å². The number of benzene rings is 2. The first kappa shape index (κ1) is 19.6. The van der Waals surface area contributed by atoms with E-state index in [2.05, 4.69) is 44.5 Å². The highest BCUT2D eigenvalue weighted by Gasteiger charge is 2.09. The van der Waals surface area contributed by atoms with Crippen molar-refractivity contribution in [2.75, 3.05) is 13.7 Å². The highest BCUT2D eigenvalue weighted by Crippen LogP contribution is 2.26. The van der Waals surface area contributed by atoms with Crippen molar-refractivity contribution in [3.63, 3.8) is 0 Å². The molecule has 0 fully saturated rings. The number of aryl methyl sites for hydroxylation is 2. The summed E-state index contributed by atoms with van der Waals surface area (Å²) in [7, 11) is 3.69. The summed E-state index contributed by atoms with van der Waals surface area (Å²) in [5.41, 5.74) is 8.37. The number of hydrogen-bond acceptors (Lipinski definition) is 3. The molecule has 0 aliphatic heterocycles. The minimum atomic E-state index is 0.168. The molecule has 2 aromatic carbocycles. The fourth-order valence-electron chi connectivity index (χ4n) is 3.80. The molecule has 0 bridgehead atoms. The van der Waals surface area contributed by atoms with E-state index in [1.54, 1.807) is 13.3 Å². The fourth-order valence-corrected chi connectivity index (χ4v) is 3.80. The lowest BCUT2D eigenvalue weighted by molar-refractivity contribution is 0.415. The summed E-state index contributed by atoms with van der Waals surface area (Å²) in [5, 5.41) is 17.6. The Hall–Kier alpha value is -3.74. The number of methoxy groups -OCH3 is 1. The average molecular weight is 403 g/mol. The first-order chi connectivity index (χ1) is 14.6. The van der Waals surface area contributed by atoms with Crippen molar-refractivity contribution < 1.29 is 4.74 Å². The maximum absolute atomic E-state index is 8.06. The molecule has 30 heavy (non-hydrogen) atoms. The molecule has 7 nitrogen and oxygen atoms in total. The molecule has 0 saturated heterocycles. The first-order valence-electron chi connectivity index (χ1n) is 9.87. The smallest absolute Gasteiger partial charge is 0.209 e. The fraction of sp³-hybridized carbons (Fsp3) is 0.217. The van der Waals surface area contributed by atoms with E-state index in [4.69, 9.17) is 10.1 Å². The van der Waals surface area contributed by atoms with Crippen LogP contribution in [0.25, 0.3) is 21.8 Å². The van der Waals surface area contributed by atoms with Gasteiger partial charge in [0.1, 0.15) is 5.75 Å². The zero-order valence-corrected chi connectivity index (χ0v) is 17.4. The van der Waals surface area contributed by atoms with Gasteiger partial charge in [-0.25, -0.2) is 5.43 Å². The van der Waals surface area contributed by atoms with E-state index >= 15 is 0 Å². The Morgan fingerprint density at radius 2 is 2.07 bits per heavy atom. The molecule has 0 radical (unpaired) electrons. The Bertz CT molecular complexity index is 1230. The number of aromatic nitrogens is 2. The molecule has 7 heteroatoms. The van der Waals surface area contributed by atoms with Crippen LogP contribution in [0.5, 0.6) is 5.75 Å². The van der Waals surface area contributed by atoms with Gasteiger partial charge in [-0.15, -0.1) is 0 Å². The van der Waals surface area contributed by atoms with E-state index in [0.717, 1.165) is 45.2 Å². The number of nitrogens with one attached hydrogen (secondary N) is 4. The molecule has 0 saturated carbocycles. The van der Waals surface area contributed by atoms with Crippen molar-refractivity contribution in [1.82, 2.24) is 20.3 Å². The first-order valence-corrected chi connectivity index (χ1v) is 9.87. The third kappa shape index (κ3) is 3.87. The Kier molecular flexibility index (Phi) is 5.43. The number of rotatable bonds is 6. The number of nitrogens with zero attached hydrogens (tertiary/aromatic N) is 2. The van der Waals surface area contributed by atoms with E-state index in [-0.39, 0.29) is 5.96 Å². The summed E-state index contributed by atoms with van der Waals surface area (Å²) in [4.78, 5) is 3.41. The highest BCUT2D eigenvalue weighted by atomic mass is 16.5. The van der Waals surface area contributed by atoms with Gasteiger partial charge in [-0.3, -0.25) is 5.41 Å². The van der Waals surface area contributed by atoms with E-state index in [0.29, 0.717) is 6.54 Å². The van der Waals surface area contributed by atoms with Gasteiger partial charge in [0.15, 0.2) is 0 Å². The third-order valence-electron chi connectivity index (χ3n) is 5.31. The summed E-state index contributed by atoms with van der Waals surface area (Å²) in [6.45, 7) is 2.69. The summed E-state index contributed by atoms with van der Waals surface area (Å²) in [6, 6.07) is 14.2. The number of hydrogen-bond donors (Lipinski definition) is 4. The molecule has 2 heterocycles. The minimum Gasteiger partial charge on any atom is -0.497 e. The number of para-hydroxylation sites is 1. The van der Waals surface area contributed by atoms with Crippen LogP contribution in [-0.2, 0) is 13.5 Å². The lowest BCUT2D eigenvalue weighted by Gasteiger charge is -2.07. The SMILES string of the molecule is COc1ccc2[nH]c(C)c(CCNC(=N)NN=Cc3cn(C)c4ccccc34)c2c1. The number of guanidine groups is 1. The van der Waals surface area contributed by atoms with Gasteiger partial charge in [-0.05, 0) is 43.2 Å². The molecule has 2 aromatic heterocycles. The van der Waals surface area contributed by atoms with Gasteiger partial charge in [0.25, 0.3) is 0 Å². The molecule has 0 unspecified atom stereocenters. The van der Waals surface area contributed by atoms with Gasteiger partial charge >= 0.3 is 0 Å². The number of H-pyrrole nitrogens is 1. The summed E-state index contributed by atoms with van der Waals surface area (Å²) >= 11 is 0. The Morgan fingerprint density at radius 1 is 1.23 bits per heavy atom. The second-order valence-corrected chi connectivity index (χ2v) is 7.27. The summed E-state index contributed by atoms with van der Waals surface area (Å²) in [5.74, 6) is 1.01. The molecule has 4 N–H and O–H groups in total. The lowest BCUT2D eigenvalue weighted by atomic mass is 10.1.